The fourth-order valence-corrected chi connectivity index (χ4v) is 2.25. The summed E-state index contributed by atoms with van der Waals surface area (Å²) in [6.45, 7) is 12.1. The van der Waals surface area contributed by atoms with E-state index in [4.69, 9.17) is 4.74 Å². The first-order valence-electron chi connectivity index (χ1n) is 7.70. The van der Waals surface area contributed by atoms with Crippen molar-refractivity contribution in [3.8, 4) is 5.75 Å². The lowest BCUT2D eigenvalue weighted by molar-refractivity contribution is 0.284. The first-order valence-corrected chi connectivity index (χ1v) is 7.70. The molecule has 0 spiro atoms. The molecule has 0 amide bonds. The highest BCUT2D eigenvalue weighted by molar-refractivity contribution is 5.29. The van der Waals surface area contributed by atoms with Crippen LogP contribution in [0.5, 0.6) is 5.75 Å². The number of aryl methyl sites for hydroxylation is 1. The molecule has 2 nitrogen and oxygen atoms in total. The first kappa shape index (κ1) is 18.0. The molecule has 0 aromatic heterocycles. The van der Waals surface area contributed by atoms with Gasteiger partial charge < -0.3 is 10.1 Å². The van der Waals surface area contributed by atoms with Gasteiger partial charge in [-0.3, -0.25) is 0 Å². The summed E-state index contributed by atoms with van der Waals surface area (Å²) in [4.78, 5) is 0. The maximum Gasteiger partial charge on any atom is 0.165 e. The summed E-state index contributed by atoms with van der Waals surface area (Å²) >= 11 is 0. The first-order chi connectivity index (χ1) is 9.63. The summed E-state index contributed by atoms with van der Waals surface area (Å²) in [6.07, 6.45) is 3.05. The fraction of sp³-hybridized carbons (Fsp3) is 0.667. The van der Waals surface area contributed by atoms with Gasteiger partial charge in [0.1, 0.15) is 0 Å². The minimum atomic E-state index is -0.276. The Hall–Kier alpha value is -1.09. The minimum absolute atomic E-state index is 0.162. The summed E-state index contributed by atoms with van der Waals surface area (Å²) in [5, 5.41) is 3.52. The van der Waals surface area contributed by atoms with E-state index in [-0.39, 0.29) is 16.8 Å². The van der Waals surface area contributed by atoms with Gasteiger partial charge in [-0.2, -0.15) is 0 Å². The normalized spacial score (nSPS) is 12.5. The van der Waals surface area contributed by atoms with E-state index in [1.54, 1.807) is 12.1 Å². The summed E-state index contributed by atoms with van der Waals surface area (Å²) < 4.78 is 18.6. The second kappa shape index (κ2) is 7.26. The molecule has 0 fully saturated rings. The molecule has 0 aliphatic rings. The van der Waals surface area contributed by atoms with E-state index in [2.05, 4.69) is 39.9 Å². The van der Waals surface area contributed by atoms with Gasteiger partial charge in [0.2, 0.25) is 0 Å². The van der Waals surface area contributed by atoms with E-state index in [0.717, 1.165) is 31.4 Å². The summed E-state index contributed by atoms with van der Waals surface area (Å²) in [5.74, 6) is 0.0367. The quantitative estimate of drug-likeness (QED) is 0.795. The third-order valence-electron chi connectivity index (χ3n) is 3.76. The summed E-state index contributed by atoms with van der Waals surface area (Å²) in [5.41, 5.74) is 1.44. The second-order valence-corrected chi connectivity index (χ2v) is 7.56. The Labute approximate surface area is 129 Å². The van der Waals surface area contributed by atoms with Crippen LogP contribution in [0.2, 0.25) is 0 Å². The van der Waals surface area contributed by atoms with E-state index in [0.29, 0.717) is 5.75 Å². The van der Waals surface area contributed by atoms with Crippen LogP contribution in [0.4, 0.5) is 4.39 Å². The maximum atomic E-state index is 13.7. The van der Waals surface area contributed by atoms with Crippen molar-refractivity contribution in [2.24, 2.45) is 5.41 Å². The SMILES string of the molecule is COc1ccc(CCC(C)(C)CCNC(C)(C)C)cc1F. The molecule has 21 heavy (non-hydrogen) atoms. The van der Waals surface area contributed by atoms with Crippen molar-refractivity contribution < 1.29 is 9.13 Å². The molecule has 0 saturated carbocycles. The number of halogens is 1. The standard InChI is InChI=1S/C18H30FNO/c1-17(2,3)20-12-11-18(4,5)10-9-14-7-8-16(21-6)15(19)13-14/h7-8,13,20H,9-12H2,1-6H3. The maximum absolute atomic E-state index is 13.7. The van der Waals surface area contributed by atoms with E-state index in [1.165, 1.54) is 7.11 Å². The number of methoxy groups -OCH3 is 1. The Morgan fingerprint density at radius 3 is 2.29 bits per heavy atom. The molecule has 0 saturated heterocycles. The predicted molar refractivity (Wildman–Crippen MR) is 87.4 cm³/mol. The Bertz CT molecular complexity index is 449. The Balaban J connectivity index is 2.47. The molecule has 0 atom stereocenters. The van der Waals surface area contributed by atoms with Crippen LogP contribution in [-0.4, -0.2) is 19.2 Å². The van der Waals surface area contributed by atoms with Crippen molar-refractivity contribution in [1.82, 2.24) is 5.32 Å². The molecule has 1 aromatic rings. The topological polar surface area (TPSA) is 21.3 Å². The lowest BCUT2D eigenvalue weighted by atomic mass is 9.83. The number of hydrogen-bond acceptors (Lipinski definition) is 2. The molecule has 0 unspecified atom stereocenters. The lowest BCUT2D eigenvalue weighted by Crippen LogP contribution is -2.38. The molecule has 1 aromatic carbocycles. The van der Waals surface area contributed by atoms with E-state index < -0.39 is 0 Å². The zero-order chi connectivity index (χ0) is 16.1. The van der Waals surface area contributed by atoms with Gasteiger partial charge in [-0.1, -0.05) is 19.9 Å². The number of nitrogens with one attached hydrogen (secondary N) is 1. The van der Waals surface area contributed by atoms with Crippen LogP contribution in [0.15, 0.2) is 18.2 Å². The molecular formula is C18H30FNO. The molecule has 0 aliphatic heterocycles. The molecule has 3 heteroatoms. The average molecular weight is 295 g/mol. The molecule has 0 heterocycles. The van der Waals surface area contributed by atoms with Gasteiger partial charge in [-0.15, -0.1) is 0 Å². The smallest absolute Gasteiger partial charge is 0.165 e. The van der Waals surface area contributed by atoms with Gasteiger partial charge in [0.05, 0.1) is 7.11 Å². The highest BCUT2D eigenvalue weighted by Crippen LogP contribution is 2.28. The van der Waals surface area contributed by atoms with Crippen LogP contribution in [0, 0.1) is 11.2 Å². The molecule has 120 valence electrons. The second-order valence-electron chi connectivity index (χ2n) is 7.56. The zero-order valence-electron chi connectivity index (χ0n) is 14.3. The lowest BCUT2D eigenvalue weighted by Gasteiger charge is -2.28. The Kier molecular flexibility index (Phi) is 6.21. The van der Waals surface area contributed by atoms with Gasteiger partial charge in [0.25, 0.3) is 0 Å². The number of hydrogen-bond donors (Lipinski definition) is 1. The van der Waals surface area contributed by atoms with Crippen molar-refractivity contribution in [2.45, 2.75) is 59.4 Å². The third kappa shape index (κ3) is 6.94. The van der Waals surface area contributed by atoms with Gasteiger partial charge in [-0.25, -0.2) is 4.39 Å². The molecule has 0 radical (unpaired) electrons. The van der Waals surface area contributed by atoms with Crippen LogP contribution in [0.25, 0.3) is 0 Å². The van der Waals surface area contributed by atoms with Crippen molar-refractivity contribution in [1.29, 1.82) is 0 Å². The number of benzene rings is 1. The molecule has 1 N–H and O–H groups in total. The summed E-state index contributed by atoms with van der Waals surface area (Å²) in [6, 6.07) is 5.24. The molecule has 1 rings (SSSR count). The minimum Gasteiger partial charge on any atom is -0.494 e. The van der Waals surface area contributed by atoms with Crippen LogP contribution in [0.1, 0.15) is 53.0 Å². The zero-order valence-corrected chi connectivity index (χ0v) is 14.3. The fourth-order valence-electron chi connectivity index (χ4n) is 2.25. The van der Waals surface area contributed by atoms with Gasteiger partial charge in [0, 0.05) is 5.54 Å². The monoisotopic (exact) mass is 295 g/mol. The van der Waals surface area contributed by atoms with Crippen LogP contribution < -0.4 is 10.1 Å². The molecule has 0 aliphatic carbocycles. The Morgan fingerprint density at radius 1 is 1.10 bits per heavy atom. The van der Waals surface area contributed by atoms with E-state index >= 15 is 0 Å². The third-order valence-corrected chi connectivity index (χ3v) is 3.76. The largest absolute Gasteiger partial charge is 0.494 e. The predicted octanol–water partition coefficient (Wildman–Crippen LogP) is 4.57. The van der Waals surface area contributed by atoms with Crippen LogP contribution in [0.3, 0.4) is 0 Å². The van der Waals surface area contributed by atoms with Crippen molar-refractivity contribution in [3.63, 3.8) is 0 Å². The van der Waals surface area contributed by atoms with Gasteiger partial charge >= 0.3 is 0 Å². The van der Waals surface area contributed by atoms with Crippen molar-refractivity contribution >= 4 is 0 Å². The average Bonchev–Trinajstić information content (AvgIpc) is 2.35. The Morgan fingerprint density at radius 2 is 1.76 bits per heavy atom. The highest BCUT2D eigenvalue weighted by atomic mass is 19.1. The van der Waals surface area contributed by atoms with Crippen LogP contribution in [-0.2, 0) is 6.42 Å². The van der Waals surface area contributed by atoms with Crippen molar-refractivity contribution in [3.05, 3.63) is 29.6 Å². The van der Waals surface area contributed by atoms with Crippen molar-refractivity contribution in [2.75, 3.05) is 13.7 Å². The molecular weight excluding hydrogens is 265 g/mol. The van der Waals surface area contributed by atoms with Gasteiger partial charge in [-0.05, 0) is 69.7 Å². The summed E-state index contributed by atoms with van der Waals surface area (Å²) in [7, 11) is 1.49. The van der Waals surface area contributed by atoms with Crippen LogP contribution >= 0.6 is 0 Å². The van der Waals surface area contributed by atoms with E-state index in [9.17, 15) is 4.39 Å². The number of rotatable bonds is 7. The van der Waals surface area contributed by atoms with E-state index in [1.807, 2.05) is 6.07 Å². The highest BCUT2D eigenvalue weighted by Gasteiger charge is 2.19. The number of ether oxygens (including phenoxy) is 1. The molecule has 0 bridgehead atoms. The van der Waals surface area contributed by atoms with Gasteiger partial charge in [0.15, 0.2) is 11.6 Å².